The van der Waals surface area contributed by atoms with Crippen LogP contribution in [0, 0.1) is 5.82 Å². The molecule has 0 aliphatic carbocycles. The molecule has 1 N–H and O–H groups in total. The molecule has 3 rings (SSSR count). The van der Waals surface area contributed by atoms with Crippen LogP contribution in [0.4, 0.5) is 4.39 Å². The van der Waals surface area contributed by atoms with Gasteiger partial charge in [0.1, 0.15) is 11.6 Å². The maximum Gasteiger partial charge on any atom is 0.258 e. The zero-order chi connectivity index (χ0) is 13.9. The van der Waals surface area contributed by atoms with Crippen LogP contribution in [0.15, 0.2) is 53.1 Å². The molecule has 0 saturated heterocycles. The van der Waals surface area contributed by atoms with Gasteiger partial charge in [0.2, 0.25) is 0 Å². The molecule has 3 aromatic rings. The van der Waals surface area contributed by atoms with Gasteiger partial charge in [-0.05, 0) is 35.9 Å². The summed E-state index contributed by atoms with van der Waals surface area (Å²) in [5.41, 5.74) is 1.41. The van der Waals surface area contributed by atoms with Gasteiger partial charge in [-0.3, -0.25) is 0 Å². The topological polar surface area (TPSA) is 59.2 Å². The van der Waals surface area contributed by atoms with Crippen molar-refractivity contribution in [2.24, 2.45) is 0 Å². The van der Waals surface area contributed by atoms with Gasteiger partial charge in [0, 0.05) is 12.0 Å². The van der Waals surface area contributed by atoms with Crippen LogP contribution < -0.4 is 0 Å². The number of hydrogen-bond acceptors (Lipinski definition) is 4. The van der Waals surface area contributed by atoms with Gasteiger partial charge >= 0.3 is 0 Å². The predicted octanol–water partition coefficient (Wildman–Crippen LogP) is 3.17. The molecule has 1 aromatic heterocycles. The number of benzene rings is 2. The van der Waals surface area contributed by atoms with Crippen molar-refractivity contribution < 1.29 is 14.0 Å². The van der Waals surface area contributed by atoms with Gasteiger partial charge in [-0.2, -0.15) is 4.98 Å². The van der Waals surface area contributed by atoms with Crippen LogP contribution in [0.3, 0.4) is 0 Å². The number of rotatable bonds is 3. The first-order chi connectivity index (χ1) is 9.70. The Kier molecular flexibility index (Phi) is 3.16. The summed E-state index contributed by atoms with van der Waals surface area (Å²) in [5, 5.41) is 13.3. The SMILES string of the molecule is Oc1cccc(-c2nc(Cc3cccc(F)c3)no2)c1. The maximum absolute atomic E-state index is 13.1. The van der Waals surface area contributed by atoms with Crippen LogP contribution in [-0.2, 0) is 6.42 Å². The van der Waals surface area contributed by atoms with Crippen molar-refractivity contribution in [3.8, 4) is 17.2 Å². The van der Waals surface area contributed by atoms with Gasteiger partial charge in [0.05, 0.1) is 0 Å². The summed E-state index contributed by atoms with van der Waals surface area (Å²) in [4.78, 5) is 4.24. The number of hydrogen-bond donors (Lipinski definition) is 1. The lowest BCUT2D eigenvalue weighted by molar-refractivity contribution is 0.423. The van der Waals surface area contributed by atoms with Gasteiger partial charge in [-0.25, -0.2) is 4.39 Å². The first-order valence-electron chi connectivity index (χ1n) is 6.07. The fourth-order valence-corrected chi connectivity index (χ4v) is 1.91. The third-order valence-electron chi connectivity index (χ3n) is 2.81. The third kappa shape index (κ3) is 2.66. The molecule has 0 bridgehead atoms. The molecule has 0 atom stereocenters. The minimum Gasteiger partial charge on any atom is -0.508 e. The number of aromatic hydroxyl groups is 1. The van der Waals surface area contributed by atoms with Crippen LogP contribution in [-0.4, -0.2) is 15.2 Å². The molecule has 100 valence electrons. The monoisotopic (exact) mass is 270 g/mol. The van der Waals surface area contributed by atoms with Gasteiger partial charge in [-0.1, -0.05) is 23.4 Å². The molecule has 0 amide bonds. The van der Waals surface area contributed by atoms with Crippen LogP contribution >= 0.6 is 0 Å². The zero-order valence-electron chi connectivity index (χ0n) is 10.5. The van der Waals surface area contributed by atoms with Crippen LogP contribution in [0.1, 0.15) is 11.4 Å². The van der Waals surface area contributed by atoms with Crippen molar-refractivity contribution in [2.45, 2.75) is 6.42 Å². The Labute approximate surface area is 114 Å². The van der Waals surface area contributed by atoms with E-state index in [2.05, 4.69) is 10.1 Å². The summed E-state index contributed by atoms with van der Waals surface area (Å²) in [6.45, 7) is 0. The Hall–Kier alpha value is -2.69. The van der Waals surface area contributed by atoms with Gasteiger partial charge < -0.3 is 9.63 Å². The molecule has 0 aliphatic heterocycles. The highest BCUT2D eigenvalue weighted by Crippen LogP contribution is 2.22. The fraction of sp³-hybridized carbons (Fsp3) is 0.0667. The van der Waals surface area contributed by atoms with Crippen LogP contribution in [0.2, 0.25) is 0 Å². The van der Waals surface area contributed by atoms with Crippen LogP contribution in [0.25, 0.3) is 11.5 Å². The minimum absolute atomic E-state index is 0.132. The number of halogens is 1. The van der Waals surface area contributed by atoms with Crippen molar-refractivity contribution in [1.29, 1.82) is 0 Å². The molecule has 4 nitrogen and oxygen atoms in total. The van der Waals surface area contributed by atoms with Crippen molar-refractivity contribution in [3.63, 3.8) is 0 Å². The molecule has 0 spiro atoms. The fourth-order valence-electron chi connectivity index (χ4n) is 1.91. The van der Waals surface area contributed by atoms with Gasteiger partial charge in [0.25, 0.3) is 5.89 Å². The van der Waals surface area contributed by atoms with E-state index in [-0.39, 0.29) is 11.6 Å². The van der Waals surface area contributed by atoms with E-state index in [0.717, 1.165) is 5.56 Å². The largest absolute Gasteiger partial charge is 0.508 e. The molecule has 0 radical (unpaired) electrons. The predicted molar refractivity (Wildman–Crippen MR) is 70.6 cm³/mol. The second kappa shape index (κ2) is 5.13. The quantitative estimate of drug-likeness (QED) is 0.794. The first kappa shape index (κ1) is 12.3. The second-order valence-electron chi connectivity index (χ2n) is 4.37. The van der Waals surface area contributed by atoms with Crippen molar-refractivity contribution in [1.82, 2.24) is 10.1 Å². The van der Waals surface area contributed by atoms with Gasteiger partial charge in [-0.15, -0.1) is 0 Å². The van der Waals surface area contributed by atoms with Crippen molar-refractivity contribution >= 4 is 0 Å². The number of nitrogens with zero attached hydrogens (tertiary/aromatic N) is 2. The van der Waals surface area contributed by atoms with Crippen LogP contribution in [0.5, 0.6) is 5.75 Å². The molecule has 1 heterocycles. The molecule has 20 heavy (non-hydrogen) atoms. The molecule has 0 unspecified atom stereocenters. The third-order valence-corrected chi connectivity index (χ3v) is 2.81. The van der Waals surface area contributed by atoms with Gasteiger partial charge in [0.15, 0.2) is 5.82 Å². The molecule has 2 aromatic carbocycles. The molecule has 0 fully saturated rings. The summed E-state index contributed by atoms with van der Waals surface area (Å²) < 4.78 is 18.2. The Bertz CT molecular complexity index is 740. The standard InChI is InChI=1S/C15H11FN2O2/c16-12-5-1-3-10(7-12)8-14-17-15(20-18-14)11-4-2-6-13(19)9-11/h1-7,9,19H,8H2. The van der Waals surface area contributed by atoms with E-state index in [1.54, 1.807) is 36.4 Å². The van der Waals surface area contributed by atoms with E-state index in [1.165, 1.54) is 12.1 Å². The first-order valence-corrected chi connectivity index (χ1v) is 6.07. The molecular weight excluding hydrogens is 259 g/mol. The number of phenols is 1. The van der Waals surface area contributed by atoms with E-state index < -0.39 is 0 Å². The van der Waals surface area contributed by atoms with E-state index in [4.69, 9.17) is 4.52 Å². The van der Waals surface area contributed by atoms with E-state index in [9.17, 15) is 9.50 Å². The second-order valence-corrected chi connectivity index (χ2v) is 4.37. The zero-order valence-corrected chi connectivity index (χ0v) is 10.5. The average Bonchev–Trinajstić information content (AvgIpc) is 2.87. The summed E-state index contributed by atoms with van der Waals surface area (Å²) in [5.74, 6) is 0.632. The van der Waals surface area contributed by atoms with E-state index in [1.807, 2.05) is 0 Å². The molecule has 5 heteroatoms. The Morgan fingerprint density at radius 1 is 1.10 bits per heavy atom. The van der Waals surface area contributed by atoms with Crippen molar-refractivity contribution in [2.75, 3.05) is 0 Å². The van der Waals surface area contributed by atoms with E-state index in [0.29, 0.717) is 23.7 Å². The lowest BCUT2D eigenvalue weighted by Crippen LogP contribution is -1.91. The van der Waals surface area contributed by atoms with E-state index >= 15 is 0 Å². The Morgan fingerprint density at radius 3 is 2.75 bits per heavy atom. The highest BCUT2D eigenvalue weighted by Gasteiger charge is 2.10. The smallest absolute Gasteiger partial charge is 0.258 e. The highest BCUT2D eigenvalue weighted by molar-refractivity contribution is 5.55. The Balaban J connectivity index is 1.84. The molecule has 0 saturated carbocycles. The summed E-state index contributed by atoms with van der Waals surface area (Å²) in [7, 11) is 0. The maximum atomic E-state index is 13.1. The van der Waals surface area contributed by atoms with Crippen molar-refractivity contribution in [3.05, 3.63) is 65.7 Å². The number of phenolic OH excluding ortho intramolecular Hbond substituents is 1. The normalized spacial score (nSPS) is 10.7. The lowest BCUT2D eigenvalue weighted by atomic mass is 10.1. The average molecular weight is 270 g/mol. The Morgan fingerprint density at radius 2 is 1.95 bits per heavy atom. The summed E-state index contributed by atoms with van der Waals surface area (Å²) >= 11 is 0. The lowest BCUT2D eigenvalue weighted by Gasteiger charge is -1.96. The summed E-state index contributed by atoms with van der Waals surface area (Å²) in [6.07, 6.45) is 0.389. The number of aromatic nitrogens is 2. The minimum atomic E-state index is -0.292. The highest BCUT2D eigenvalue weighted by atomic mass is 19.1. The molecule has 0 aliphatic rings. The summed E-state index contributed by atoms with van der Waals surface area (Å²) in [6, 6.07) is 12.8. The molecular formula is C15H11FN2O2.